The first-order valence-corrected chi connectivity index (χ1v) is 10.5. The van der Waals surface area contributed by atoms with E-state index in [1.165, 1.54) is 22.4 Å². The predicted molar refractivity (Wildman–Crippen MR) is 118 cm³/mol. The molecule has 1 aliphatic rings. The van der Waals surface area contributed by atoms with Gasteiger partial charge in [0.1, 0.15) is 0 Å². The third-order valence-electron chi connectivity index (χ3n) is 5.92. The molecule has 150 valence electrons. The SMILES string of the molecule is CC(C)(C)c1ccc(C2c3cccn3CCN2C(=O)CCc2ccccc2)cc1. The molecule has 0 saturated heterocycles. The third kappa shape index (κ3) is 4.14. The maximum Gasteiger partial charge on any atom is 0.223 e. The van der Waals surface area contributed by atoms with Gasteiger partial charge in [0.05, 0.1) is 6.04 Å². The van der Waals surface area contributed by atoms with Crippen LogP contribution in [0.2, 0.25) is 0 Å². The van der Waals surface area contributed by atoms with Gasteiger partial charge in [0.25, 0.3) is 0 Å². The molecule has 0 saturated carbocycles. The van der Waals surface area contributed by atoms with Crippen LogP contribution in [-0.2, 0) is 23.2 Å². The molecule has 1 aliphatic heterocycles. The fourth-order valence-corrected chi connectivity index (χ4v) is 4.21. The van der Waals surface area contributed by atoms with Crippen molar-refractivity contribution < 1.29 is 4.79 Å². The average Bonchev–Trinajstić information content (AvgIpc) is 3.20. The van der Waals surface area contributed by atoms with Gasteiger partial charge in [-0.05, 0) is 40.7 Å². The Morgan fingerprint density at radius 2 is 1.66 bits per heavy atom. The second-order valence-corrected chi connectivity index (χ2v) is 8.97. The normalized spacial score (nSPS) is 16.5. The summed E-state index contributed by atoms with van der Waals surface area (Å²) in [4.78, 5) is 15.3. The number of hydrogen-bond acceptors (Lipinski definition) is 1. The summed E-state index contributed by atoms with van der Waals surface area (Å²) >= 11 is 0. The Morgan fingerprint density at radius 1 is 0.931 bits per heavy atom. The van der Waals surface area contributed by atoms with Crippen molar-refractivity contribution in [2.24, 2.45) is 0 Å². The van der Waals surface area contributed by atoms with Crippen LogP contribution in [0.3, 0.4) is 0 Å². The van der Waals surface area contributed by atoms with Crippen molar-refractivity contribution in [2.75, 3.05) is 6.54 Å². The maximum atomic E-state index is 13.2. The quantitative estimate of drug-likeness (QED) is 0.593. The average molecular weight is 387 g/mol. The van der Waals surface area contributed by atoms with Crippen molar-refractivity contribution in [1.29, 1.82) is 0 Å². The molecule has 0 spiro atoms. The van der Waals surface area contributed by atoms with Crippen LogP contribution in [0.15, 0.2) is 72.9 Å². The van der Waals surface area contributed by atoms with E-state index in [2.05, 4.69) is 85.0 Å². The molecule has 3 heteroatoms. The number of amides is 1. The maximum absolute atomic E-state index is 13.2. The van der Waals surface area contributed by atoms with E-state index in [-0.39, 0.29) is 17.4 Å². The number of aryl methyl sites for hydroxylation is 1. The highest BCUT2D eigenvalue weighted by Crippen LogP contribution is 2.34. The summed E-state index contributed by atoms with van der Waals surface area (Å²) in [5.74, 6) is 0.228. The van der Waals surface area contributed by atoms with Gasteiger partial charge in [0.15, 0.2) is 0 Å². The van der Waals surface area contributed by atoms with Crippen molar-refractivity contribution in [1.82, 2.24) is 9.47 Å². The second kappa shape index (κ2) is 7.90. The van der Waals surface area contributed by atoms with E-state index in [9.17, 15) is 4.79 Å². The van der Waals surface area contributed by atoms with Crippen molar-refractivity contribution >= 4 is 5.91 Å². The summed E-state index contributed by atoms with van der Waals surface area (Å²) < 4.78 is 2.28. The molecule has 2 heterocycles. The topological polar surface area (TPSA) is 25.2 Å². The van der Waals surface area contributed by atoms with Crippen molar-refractivity contribution in [3.05, 3.63) is 95.3 Å². The van der Waals surface area contributed by atoms with Gasteiger partial charge in [-0.1, -0.05) is 75.4 Å². The highest BCUT2D eigenvalue weighted by atomic mass is 16.2. The number of benzene rings is 2. The summed E-state index contributed by atoms with van der Waals surface area (Å²) in [5.41, 5.74) is 5.04. The largest absolute Gasteiger partial charge is 0.348 e. The molecule has 0 fully saturated rings. The molecule has 2 aromatic carbocycles. The molecule has 29 heavy (non-hydrogen) atoms. The van der Waals surface area contributed by atoms with Gasteiger partial charge in [0, 0.05) is 31.4 Å². The van der Waals surface area contributed by atoms with Gasteiger partial charge in [0.2, 0.25) is 5.91 Å². The minimum Gasteiger partial charge on any atom is -0.348 e. The van der Waals surface area contributed by atoms with E-state index in [4.69, 9.17) is 0 Å². The van der Waals surface area contributed by atoms with E-state index >= 15 is 0 Å². The summed E-state index contributed by atoms with van der Waals surface area (Å²) in [6.07, 6.45) is 3.45. The fraction of sp³-hybridized carbons (Fsp3) is 0.346. The molecule has 0 bridgehead atoms. The van der Waals surface area contributed by atoms with Gasteiger partial charge in [-0.3, -0.25) is 4.79 Å². The Morgan fingerprint density at radius 3 is 2.34 bits per heavy atom. The first kappa shape index (κ1) is 19.5. The zero-order chi connectivity index (χ0) is 20.4. The Bertz CT molecular complexity index is 964. The number of carbonyl (C=O) groups excluding carboxylic acids is 1. The number of rotatable bonds is 4. The van der Waals surface area contributed by atoms with Crippen molar-refractivity contribution in [2.45, 2.75) is 51.6 Å². The monoisotopic (exact) mass is 386 g/mol. The van der Waals surface area contributed by atoms with Gasteiger partial charge in [-0.2, -0.15) is 0 Å². The Balaban J connectivity index is 1.60. The fourth-order valence-electron chi connectivity index (χ4n) is 4.21. The lowest BCUT2D eigenvalue weighted by Crippen LogP contribution is -2.42. The van der Waals surface area contributed by atoms with E-state index in [0.717, 1.165) is 19.5 Å². The third-order valence-corrected chi connectivity index (χ3v) is 5.92. The molecule has 1 atom stereocenters. The molecule has 1 unspecified atom stereocenters. The summed E-state index contributed by atoms with van der Waals surface area (Å²) in [6, 6.07) is 23.3. The van der Waals surface area contributed by atoms with Gasteiger partial charge in [-0.25, -0.2) is 0 Å². The Hall–Kier alpha value is -2.81. The summed E-state index contributed by atoms with van der Waals surface area (Å²) in [6.45, 7) is 8.30. The van der Waals surface area contributed by atoms with Crippen LogP contribution in [-0.4, -0.2) is 21.9 Å². The van der Waals surface area contributed by atoms with Crippen LogP contribution in [0.4, 0.5) is 0 Å². The lowest BCUT2D eigenvalue weighted by Gasteiger charge is -2.37. The standard InChI is InChI=1S/C26H30N2O/c1-26(2,3)22-14-12-21(13-15-22)25-23-10-7-17-27(23)18-19-28(25)24(29)16-11-20-8-5-4-6-9-20/h4-10,12-15,17,25H,11,16,18-19H2,1-3H3. The highest BCUT2D eigenvalue weighted by molar-refractivity contribution is 5.77. The van der Waals surface area contributed by atoms with Gasteiger partial charge < -0.3 is 9.47 Å². The zero-order valence-electron chi connectivity index (χ0n) is 17.6. The van der Waals surface area contributed by atoms with Crippen LogP contribution in [0.5, 0.6) is 0 Å². The number of nitrogens with zero attached hydrogens (tertiary/aromatic N) is 2. The molecule has 1 aromatic heterocycles. The molecule has 0 aliphatic carbocycles. The van der Waals surface area contributed by atoms with Crippen molar-refractivity contribution in [3.63, 3.8) is 0 Å². The minimum absolute atomic E-state index is 0.0176. The molecule has 4 rings (SSSR count). The molecular formula is C26H30N2O. The van der Waals surface area contributed by atoms with Crippen LogP contribution < -0.4 is 0 Å². The Labute approximate surface area is 174 Å². The molecule has 1 amide bonds. The molecule has 0 radical (unpaired) electrons. The number of aromatic nitrogens is 1. The van der Waals surface area contributed by atoms with E-state index in [1.807, 2.05) is 18.2 Å². The van der Waals surface area contributed by atoms with Gasteiger partial charge >= 0.3 is 0 Å². The molecule has 3 aromatic rings. The van der Waals surface area contributed by atoms with Crippen molar-refractivity contribution in [3.8, 4) is 0 Å². The number of carbonyl (C=O) groups is 1. The minimum atomic E-state index is -0.0176. The summed E-state index contributed by atoms with van der Waals surface area (Å²) in [5, 5.41) is 0. The van der Waals surface area contributed by atoms with E-state index < -0.39 is 0 Å². The van der Waals surface area contributed by atoms with Crippen LogP contribution in [0.25, 0.3) is 0 Å². The first-order valence-electron chi connectivity index (χ1n) is 10.5. The Kier molecular flexibility index (Phi) is 5.31. The first-order chi connectivity index (χ1) is 13.9. The predicted octanol–water partition coefficient (Wildman–Crippen LogP) is 5.35. The lowest BCUT2D eigenvalue weighted by atomic mass is 9.86. The molecule has 3 nitrogen and oxygen atoms in total. The smallest absolute Gasteiger partial charge is 0.223 e. The summed E-state index contributed by atoms with van der Waals surface area (Å²) in [7, 11) is 0. The van der Waals surface area contributed by atoms with Gasteiger partial charge in [-0.15, -0.1) is 0 Å². The zero-order valence-corrected chi connectivity index (χ0v) is 17.6. The van der Waals surface area contributed by atoms with E-state index in [0.29, 0.717) is 6.42 Å². The van der Waals surface area contributed by atoms with Crippen LogP contribution in [0, 0.1) is 0 Å². The van der Waals surface area contributed by atoms with E-state index in [1.54, 1.807) is 0 Å². The highest BCUT2D eigenvalue weighted by Gasteiger charge is 2.32. The van der Waals surface area contributed by atoms with Crippen LogP contribution in [0.1, 0.15) is 55.6 Å². The molecular weight excluding hydrogens is 356 g/mol. The number of fused-ring (bicyclic) bond motifs is 1. The number of hydrogen-bond donors (Lipinski definition) is 0. The molecule has 0 N–H and O–H groups in total. The second-order valence-electron chi connectivity index (χ2n) is 8.97. The lowest BCUT2D eigenvalue weighted by molar-refractivity contribution is -0.133. The van der Waals surface area contributed by atoms with Crippen LogP contribution >= 0.6 is 0 Å².